The molecule has 11 N–H and O–H groups in total. The fraction of sp³-hybridized carbons (Fsp3) is 0.518. The summed E-state index contributed by atoms with van der Waals surface area (Å²) in [5, 5.41) is 106. The van der Waals surface area contributed by atoms with Gasteiger partial charge in [0.15, 0.2) is 50.4 Å². The van der Waals surface area contributed by atoms with E-state index >= 15 is 0 Å². The number of aliphatic hydroxyl groups is 10. The number of alkyl halides is 27. The highest BCUT2D eigenvalue weighted by molar-refractivity contribution is 5.89. The highest BCUT2D eigenvalue weighted by Gasteiger charge is 2.64. The number of phenolic OH excluding ortho intramolecular Hbond substituents is 1. The molecule has 0 aromatic heterocycles. The van der Waals surface area contributed by atoms with Crippen molar-refractivity contribution in [3.05, 3.63) is 185 Å². The zero-order valence-corrected chi connectivity index (χ0v) is 70.5. The molecule has 0 radical (unpaired) electrons. The zero-order valence-electron chi connectivity index (χ0n) is 70.5. The van der Waals surface area contributed by atoms with E-state index in [1.165, 1.54) is 58.0 Å². The third-order valence-electron chi connectivity index (χ3n) is 20.7. The van der Waals surface area contributed by atoms with E-state index in [0.717, 1.165) is 43.3 Å². The summed E-state index contributed by atoms with van der Waals surface area (Å²) < 4.78 is 368. The fourth-order valence-electron chi connectivity index (χ4n) is 11.1. The predicted octanol–water partition coefficient (Wildman–Crippen LogP) is 18.8. The maximum atomic E-state index is 13.1. The number of benzene rings is 4. The molecule has 4 aromatic rings. The minimum atomic E-state index is -5.24. The molecule has 0 bridgehead atoms. The summed E-state index contributed by atoms with van der Waals surface area (Å²) in [4.78, 5) is 45.8. The molecule has 0 aliphatic heterocycles. The van der Waals surface area contributed by atoms with Crippen molar-refractivity contribution in [2.24, 2.45) is 17.8 Å². The van der Waals surface area contributed by atoms with Crippen LogP contribution in [0.4, 0.5) is 119 Å². The fourth-order valence-corrected chi connectivity index (χ4v) is 11.1. The number of carbonyl (C=O) groups excluding carboxylic acids is 4. The lowest BCUT2D eigenvalue weighted by Crippen LogP contribution is -2.57. The van der Waals surface area contributed by atoms with Gasteiger partial charge in [0.05, 0.1) is 6.10 Å². The Balaban J connectivity index is 0.000000780. The first kappa shape index (κ1) is 118. The molecule has 6 rings (SSSR count). The molecule has 2 fully saturated rings. The van der Waals surface area contributed by atoms with Gasteiger partial charge in [-0.15, -0.1) is 0 Å². The number of rotatable bonds is 19. The van der Waals surface area contributed by atoms with E-state index in [1.54, 1.807) is 0 Å². The van der Waals surface area contributed by atoms with Crippen molar-refractivity contribution in [2.75, 3.05) is 0 Å². The first-order valence-electron chi connectivity index (χ1n) is 37.0. The van der Waals surface area contributed by atoms with Crippen molar-refractivity contribution in [3.8, 4) is 17.2 Å². The Labute approximate surface area is 719 Å². The van der Waals surface area contributed by atoms with Gasteiger partial charge in [-0.25, -0.2) is 19.2 Å². The molecule has 2 saturated carbocycles. The van der Waals surface area contributed by atoms with Crippen LogP contribution in [-0.4, -0.2) is 171 Å². The summed E-state index contributed by atoms with van der Waals surface area (Å²) in [6, 6.07) is 11.8. The Kier molecular flexibility index (Phi) is 38.0. The highest BCUT2D eigenvalue weighted by Crippen LogP contribution is 2.53. The van der Waals surface area contributed by atoms with Gasteiger partial charge in [-0.2, -0.15) is 119 Å². The molecule has 730 valence electrons. The van der Waals surface area contributed by atoms with Crippen LogP contribution in [0.5, 0.6) is 17.2 Å². The number of hydrogen-bond donors (Lipinski definition) is 11. The lowest BCUT2D eigenvalue weighted by atomic mass is 9.67. The molecule has 2 aliphatic rings. The van der Waals surface area contributed by atoms with Crippen LogP contribution >= 0.6 is 0 Å². The van der Waals surface area contributed by atoms with Crippen molar-refractivity contribution in [1.82, 2.24) is 0 Å². The average Bonchev–Trinajstić information content (AvgIpc) is 0.775. The van der Waals surface area contributed by atoms with Crippen LogP contribution in [0.25, 0.3) is 12.2 Å². The van der Waals surface area contributed by atoms with Gasteiger partial charge in [-0.1, -0.05) is 75.9 Å². The molecule has 2 aliphatic carbocycles. The molecular formula is C83H95F27O19. The Morgan fingerprint density at radius 1 is 0.333 bits per heavy atom. The number of halogens is 27. The summed E-state index contributed by atoms with van der Waals surface area (Å²) in [7, 11) is 0. The molecule has 129 heavy (non-hydrogen) atoms. The van der Waals surface area contributed by atoms with E-state index in [-0.39, 0.29) is 58.4 Å². The van der Waals surface area contributed by atoms with Crippen LogP contribution in [0, 0.1) is 17.8 Å². The molecule has 46 heteroatoms. The van der Waals surface area contributed by atoms with E-state index < -0.39 is 225 Å². The molecule has 19 nitrogen and oxygen atoms in total. The lowest BCUT2D eigenvalue weighted by molar-refractivity contribution is -0.299. The highest BCUT2D eigenvalue weighted by atomic mass is 19.4. The summed E-state index contributed by atoms with van der Waals surface area (Å²) in [6.07, 6.45) is -48.0. The Morgan fingerprint density at radius 2 is 0.628 bits per heavy atom. The molecule has 0 amide bonds. The number of hydrogen-bond acceptors (Lipinski definition) is 19. The molecule has 0 saturated heterocycles. The minimum Gasteiger partial charge on any atom is -0.508 e. The smallest absolute Gasteiger partial charge is 0.421 e. The first-order valence-corrected chi connectivity index (χ1v) is 37.0. The van der Waals surface area contributed by atoms with E-state index in [4.69, 9.17) is 14.2 Å². The van der Waals surface area contributed by atoms with E-state index in [2.05, 4.69) is 44.2 Å². The number of aromatic hydroxyl groups is 1. The molecule has 4 aromatic carbocycles. The third kappa shape index (κ3) is 29.6. The van der Waals surface area contributed by atoms with Gasteiger partial charge < -0.3 is 75.1 Å². The van der Waals surface area contributed by atoms with Crippen molar-refractivity contribution in [2.45, 2.75) is 253 Å². The van der Waals surface area contributed by atoms with Crippen LogP contribution in [-0.2, 0) is 62.3 Å². The molecule has 14 atom stereocenters. The number of ether oxygens (including phenoxy) is 4. The molecule has 14 unspecified atom stereocenters. The van der Waals surface area contributed by atoms with Crippen molar-refractivity contribution in [1.29, 1.82) is 0 Å². The van der Waals surface area contributed by atoms with Gasteiger partial charge in [0.1, 0.15) is 29.5 Å². The van der Waals surface area contributed by atoms with Crippen LogP contribution in [0.3, 0.4) is 0 Å². The monoisotopic (exact) mass is 1910 g/mol. The first-order chi connectivity index (χ1) is 57.2. The summed E-state index contributed by atoms with van der Waals surface area (Å²) in [5.74, 6) is -10.1. The van der Waals surface area contributed by atoms with Crippen molar-refractivity contribution in [3.63, 3.8) is 0 Å². The van der Waals surface area contributed by atoms with Crippen LogP contribution in [0.2, 0.25) is 0 Å². The second kappa shape index (κ2) is 41.7. The number of esters is 4. The van der Waals surface area contributed by atoms with E-state index in [9.17, 15) is 194 Å². The number of carbonyl (C=O) groups is 4. The summed E-state index contributed by atoms with van der Waals surface area (Å²) in [5.41, 5.74) is -33.7. The maximum Gasteiger partial charge on any atom is 0.421 e. The average molecular weight is 1910 g/mol. The van der Waals surface area contributed by atoms with Gasteiger partial charge in [-0.05, 0) is 222 Å². The van der Waals surface area contributed by atoms with Gasteiger partial charge in [0, 0.05) is 45.6 Å². The molecule has 0 heterocycles. The largest absolute Gasteiger partial charge is 0.508 e. The topological polar surface area (TPSA) is 328 Å². The second-order valence-electron chi connectivity index (χ2n) is 31.7. The number of phenols is 1. The Bertz CT molecular complexity index is 4470. The normalized spacial score (nSPS) is 21.3. The summed E-state index contributed by atoms with van der Waals surface area (Å²) in [6.45, 7) is 29.6. The zero-order chi connectivity index (χ0) is 102. The maximum absolute atomic E-state index is 13.1. The Morgan fingerprint density at radius 3 is 0.922 bits per heavy atom. The second-order valence-corrected chi connectivity index (χ2v) is 31.7. The lowest BCUT2D eigenvalue weighted by Gasteiger charge is -2.46. The van der Waals surface area contributed by atoms with Crippen LogP contribution < -0.4 is 9.47 Å². The van der Waals surface area contributed by atoms with Gasteiger partial charge in [-0.3, -0.25) is 0 Å². The summed E-state index contributed by atoms with van der Waals surface area (Å²) >= 11 is 0. The quantitative estimate of drug-likeness (QED) is 0.0180. The van der Waals surface area contributed by atoms with Crippen LogP contribution in [0.1, 0.15) is 173 Å². The van der Waals surface area contributed by atoms with Gasteiger partial charge in [0.25, 0.3) is 0 Å². The SMILES string of the molecule is C=C(C)C(=O)OC1CC(C(C)(O)C(F)(F)F)CC(C(C)(O)C(F)(F)F)C1.C=C(C)C(=O)OC1CCC(O)C(C(C)(O)C(F)(F)F)C1.C=C(C)C(=O)Oc1cc(C(C)(O)C(F)(F)F)cc(C(C)(O)C(F)(F)F)c1.C=C(C)C(=O)Oc1ccc(O)c(C(C)(O)C(F)(F)F)c1.C=Cc1cc(C(C)(O)C(F)(F)F)cc(C(C)(O)C(F)(F)F)c1.C=Cc1ccc(C(C)(O)C(F)(F)F)cc1. The van der Waals surface area contributed by atoms with Gasteiger partial charge >= 0.3 is 79.5 Å². The van der Waals surface area contributed by atoms with Crippen molar-refractivity contribution >= 4 is 36.0 Å². The Hall–Kier alpha value is -9.29. The predicted molar refractivity (Wildman–Crippen MR) is 406 cm³/mol. The van der Waals surface area contributed by atoms with E-state index in [1.807, 2.05) is 0 Å². The molecular weight excluding hydrogens is 1810 g/mol. The van der Waals surface area contributed by atoms with E-state index in [0.29, 0.717) is 85.2 Å². The molecule has 0 spiro atoms. The van der Waals surface area contributed by atoms with Crippen LogP contribution in [0.15, 0.2) is 141 Å². The van der Waals surface area contributed by atoms with Gasteiger partial charge in [0.2, 0.25) is 0 Å². The van der Waals surface area contributed by atoms with Crippen molar-refractivity contribution < 1.29 is 213 Å². The minimum absolute atomic E-state index is 0.0328. The third-order valence-corrected chi connectivity index (χ3v) is 20.7. The standard InChI is InChI=1S/C16H22F6O4.C16H16F6O4.C14H14F6O2.C13H19F3O4.C13H13F3O4.C11H11F3O/c2*1-8(2)12(23)26-11-6-9(13(3,24)15(17,18)19)5-10(7-11)14(4,25)16(20,21)22;1-4-8-5-9(11(2,21)13(15,16)17)7-10(6-8)12(3,22)14(18,19)20;2*1-7(2)11(18)20-8-4-5-10(17)9(6-8)12(3,19)13(14,15)16;1-3-8-4-6-9(7-5-8)10(2,15)11(12,13)14/h9-11,24-25H,1,5-7H2,2-4H3;5-7,24-25H,1H2,2-4H3;4-7,21-22H,1H2,2-3H3;8-10,17,19H,1,4-6H2,2-3H3;4-6,17,19H,1H2,2-3H3;3-7,15H,1H2,2H3. The number of aliphatic hydroxyl groups excluding tert-OH is 1.